The Morgan fingerprint density at radius 3 is 2.71 bits per heavy atom. The predicted molar refractivity (Wildman–Crippen MR) is 75.3 cm³/mol. The van der Waals surface area contributed by atoms with E-state index in [1.807, 2.05) is 0 Å². The van der Waals surface area contributed by atoms with E-state index in [1.54, 1.807) is 17.7 Å². The molecule has 0 aromatic carbocycles. The summed E-state index contributed by atoms with van der Waals surface area (Å²) in [4.78, 5) is 11.0. The highest BCUT2D eigenvalue weighted by Crippen LogP contribution is 2.33. The summed E-state index contributed by atoms with van der Waals surface area (Å²) in [7, 11) is 0. The zero-order valence-corrected chi connectivity index (χ0v) is 12.0. The molecule has 92 valence electrons. The molecule has 2 heterocycles. The minimum atomic E-state index is -0.175. The number of nitrogens with one attached hydrogen (secondary N) is 1. The number of aryl methyl sites for hydroxylation is 2. The molecule has 1 N–H and O–H groups in total. The van der Waals surface area contributed by atoms with E-state index < -0.39 is 0 Å². The molecule has 2 aromatic heterocycles. The third-order valence-corrected chi connectivity index (χ3v) is 4.54. The normalized spacial score (nSPS) is 12.1. The van der Waals surface area contributed by atoms with Crippen LogP contribution in [0, 0.1) is 13.8 Å². The van der Waals surface area contributed by atoms with E-state index in [9.17, 15) is 0 Å². The van der Waals surface area contributed by atoms with E-state index in [4.69, 9.17) is 11.6 Å². The molecule has 0 saturated carbocycles. The van der Waals surface area contributed by atoms with E-state index in [0.29, 0.717) is 5.88 Å². The quantitative estimate of drug-likeness (QED) is 0.863. The van der Waals surface area contributed by atoms with Gasteiger partial charge in [0.25, 0.3) is 0 Å². The number of hydrogen-bond acceptors (Lipinski definition) is 4. The molecule has 0 aliphatic carbocycles. The van der Waals surface area contributed by atoms with Gasteiger partial charge in [0, 0.05) is 16.3 Å². The van der Waals surface area contributed by atoms with Gasteiger partial charge in [-0.1, -0.05) is 0 Å². The van der Waals surface area contributed by atoms with Crippen LogP contribution >= 0.6 is 22.9 Å². The second kappa shape index (κ2) is 4.42. The molecule has 0 aliphatic heterocycles. The Balaban J connectivity index is 2.54. The summed E-state index contributed by atoms with van der Waals surface area (Å²) in [6.07, 6.45) is 1.60. The smallest absolute Gasteiger partial charge is 0.138 e. The number of thiophene rings is 1. The molecule has 0 atom stereocenters. The van der Waals surface area contributed by atoms with Crippen molar-refractivity contribution in [2.24, 2.45) is 0 Å². The second-order valence-electron chi connectivity index (χ2n) is 4.83. The summed E-state index contributed by atoms with van der Waals surface area (Å²) in [5, 5.41) is 4.51. The molecule has 2 rings (SSSR count). The number of aromatic nitrogens is 2. The van der Waals surface area contributed by atoms with Crippen LogP contribution in [0.1, 0.15) is 24.3 Å². The highest BCUT2D eigenvalue weighted by molar-refractivity contribution is 7.18. The molecule has 2 aromatic rings. The molecule has 3 nitrogen and oxygen atoms in total. The van der Waals surface area contributed by atoms with Gasteiger partial charge in [-0.3, -0.25) is 0 Å². The second-order valence-corrected chi connectivity index (χ2v) is 6.30. The lowest BCUT2D eigenvalue weighted by Gasteiger charge is -2.24. The van der Waals surface area contributed by atoms with Gasteiger partial charge < -0.3 is 5.32 Å². The summed E-state index contributed by atoms with van der Waals surface area (Å²) in [6, 6.07) is 0. The van der Waals surface area contributed by atoms with E-state index in [-0.39, 0.29) is 5.54 Å². The summed E-state index contributed by atoms with van der Waals surface area (Å²) in [5.41, 5.74) is 1.07. The van der Waals surface area contributed by atoms with Gasteiger partial charge in [0.1, 0.15) is 17.0 Å². The summed E-state index contributed by atoms with van der Waals surface area (Å²) in [5.74, 6) is 1.41. The van der Waals surface area contributed by atoms with Crippen LogP contribution < -0.4 is 5.32 Å². The van der Waals surface area contributed by atoms with Gasteiger partial charge in [-0.15, -0.1) is 22.9 Å². The van der Waals surface area contributed by atoms with Gasteiger partial charge in [0.2, 0.25) is 0 Å². The number of fused-ring (bicyclic) bond motifs is 1. The SMILES string of the molecule is Cc1sc2ncnc(NC(C)(C)CCl)c2c1C. The third kappa shape index (κ3) is 2.38. The van der Waals surface area contributed by atoms with Crippen LogP contribution in [0.15, 0.2) is 6.33 Å². The monoisotopic (exact) mass is 269 g/mol. The number of nitrogens with zero attached hydrogens (tertiary/aromatic N) is 2. The minimum absolute atomic E-state index is 0.175. The van der Waals surface area contributed by atoms with Gasteiger partial charge in [-0.2, -0.15) is 0 Å². The number of alkyl halides is 1. The largest absolute Gasteiger partial charge is 0.363 e. The average Bonchev–Trinajstić information content (AvgIpc) is 2.56. The van der Waals surface area contributed by atoms with Gasteiger partial charge in [-0.25, -0.2) is 9.97 Å². The van der Waals surface area contributed by atoms with Crippen molar-refractivity contribution < 1.29 is 0 Å². The fourth-order valence-corrected chi connectivity index (χ4v) is 2.69. The number of hydrogen-bond donors (Lipinski definition) is 1. The first-order valence-electron chi connectivity index (χ1n) is 5.49. The molecule has 17 heavy (non-hydrogen) atoms. The number of rotatable bonds is 3. The van der Waals surface area contributed by atoms with E-state index in [1.165, 1.54) is 10.4 Å². The van der Waals surface area contributed by atoms with Crippen LogP contribution in [0.4, 0.5) is 5.82 Å². The van der Waals surface area contributed by atoms with E-state index in [0.717, 1.165) is 16.0 Å². The summed E-state index contributed by atoms with van der Waals surface area (Å²) < 4.78 is 0. The van der Waals surface area contributed by atoms with Crippen LogP contribution in [-0.2, 0) is 0 Å². The van der Waals surface area contributed by atoms with Crippen molar-refractivity contribution in [1.29, 1.82) is 0 Å². The maximum Gasteiger partial charge on any atom is 0.138 e. The maximum absolute atomic E-state index is 5.94. The topological polar surface area (TPSA) is 37.8 Å². The first kappa shape index (κ1) is 12.6. The van der Waals surface area contributed by atoms with Crippen molar-refractivity contribution in [3.63, 3.8) is 0 Å². The first-order chi connectivity index (χ1) is 7.94. The zero-order chi connectivity index (χ0) is 12.6. The molecule has 0 unspecified atom stereocenters. The number of halogens is 1. The highest BCUT2D eigenvalue weighted by atomic mass is 35.5. The van der Waals surface area contributed by atoms with Crippen LogP contribution in [0.25, 0.3) is 10.2 Å². The molecule has 5 heteroatoms. The molecule has 0 spiro atoms. The Hall–Kier alpha value is -0.870. The van der Waals surface area contributed by atoms with Crippen LogP contribution in [0.2, 0.25) is 0 Å². The Morgan fingerprint density at radius 1 is 1.35 bits per heavy atom. The molecular formula is C12H16ClN3S. The lowest BCUT2D eigenvalue weighted by atomic mass is 10.1. The molecule has 0 aliphatic rings. The maximum atomic E-state index is 5.94. The van der Waals surface area contributed by atoms with Crippen LogP contribution in [0.5, 0.6) is 0 Å². The van der Waals surface area contributed by atoms with Crippen LogP contribution in [0.3, 0.4) is 0 Å². The van der Waals surface area contributed by atoms with Gasteiger partial charge >= 0.3 is 0 Å². The Bertz CT molecular complexity index is 548. The predicted octanol–water partition coefficient (Wildman–Crippen LogP) is 3.74. The van der Waals surface area contributed by atoms with Crippen molar-refractivity contribution in [3.8, 4) is 0 Å². The van der Waals surface area contributed by atoms with E-state index >= 15 is 0 Å². The number of anilines is 1. The standard InChI is InChI=1S/C12H16ClN3S/c1-7-8(2)17-11-9(7)10(14-6-15-11)16-12(3,4)5-13/h6H,5H2,1-4H3,(H,14,15,16). The van der Waals surface area contributed by atoms with Crippen molar-refractivity contribution in [1.82, 2.24) is 9.97 Å². The van der Waals surface area contributed by atoms with E-state index in [2.05, 4.69) is 43.0 Å². The van der Waals surface area contributed by atoms with Gasteiger partial charge in [0.05, 0.1) is 5.39 Å². The zero-order valence-electron chi connectivity index (χ0n) is 10.5. The summed E-state index contributed by atoms with van der Waals surface area (Å²) in [6.45, 7) is 8.33. The van der Waals surface area contributed by atoms with Crippen molar-refractivity contribution in [2.45, 2.75) is 33.2 Å². The van der Waals surface area contributed by atoms with Crippen molar-refractivity contribution in [2.75, 3.05) is 11.2 Å². The molecule has 0 radical (unpaired) electrons. The van der Waals surface area contributed by atoms with Gasteiger partial charge in [0.15, 0.2) is 0 Å². The van der Waals surface area contributed by atoms with Crippen molar-refractivity contribution in [3.05, 3.63) is 16.8 Å². The Labute approximate surface area is 110 Å². The molecule has 0 amide bonds. The average molecular weight is 270 g/mol. The third-order valence-electron chi connectivity index (χ3n) is 2.76. The molecule has 0 bridgehead atoms. The highest BCUT2D eigenvalue weighted by Gasteiger charge is 2.19. The fourth-order valence-electron chi connectivity index (χ4n) is 1.63. The minimum Gasteiger partial charge on any atom is -0.363 e. The molecule has 0 fully saturated rings. The Morgan fingerprint density at radius 2 is 2.06 bits per heavy atom. The lowest BCUT2D eigenvalue weighted by Crippen LogP contribution is -2.33. The molecule has 0 saturated heterocycles. The summed E-state index contributed by atoms with van der Waals surface area (Å²) >= 11 is 7.64. The van der Waals surface area contributed by atoms with Crippen LogP contribution in [-0.4, -0.2) is 21.4 Å². The fraction of sp³-hybridized carbons (Fsp3) is 0.500. The molecular weight excluding hydrogens is 254 g/mol. The lowest BCUT2D eigenvalue weighted by molar-refractivity contribution is 0.639. The first-order valence-corrected chi connectivity index (χ1v) is 6.84. The van der Waals surface area contributed by atoms with Gasteiger partial charge in [-0.05, 0) is 33.3 Å². The van der Waals surface area contributed by atoms with Crippen molar-refractivity contribution >= 4 is 39.0 Å². The Kier molecular flexibility index (Phi) is 3.27.